The lowest BCUT2D eigenvalue weighted by molar-refractivity contribution is 0.487. The van der Waals surface area contributed by atoms with Crippen LogP contribution >= 0.6 is 0 Å². The van der Waals surface area contributed by atoms with Crippen LogP contribution in [0, 0.1) is 13.8 Å². The number of benzene rings is 1. The van der Waals surface area contributed by atoms with E-state index in [2.05, 4.69) is 41.9 Å². The number of nitrogens with zero attached hydrogens (tertiary/aromatic N) is 2. The van der Waals surface area contributed by atoms with Crippen molar-refractivity contribution < 1.29 is 0 Å². The summed E-state index contributed by atoms with van der Waals surface area (Å²) in [5.74, 6) is 0.684. The Hall–Kier alpha value is -1.51. The van der Waals surface area contributed by atoms with Crippen molar-refractivity contribution in [2.45, 2.75) is 39.2 Å². The molecule has 1 aromatic rings. The maximum absolute atomic E-state index is 5.97. The fraction of sp³-hybridized carbons (Fsp3) is 0.533. The van der Waals surface area contributed by atoms with E-state index in [0.29, 0.717) is 12.0 Å². The van der Waals surface area contributed by atoms with Gasteiger partial charge in [0.2, 0.25) is 0 Å². The lowest BCUT2D eigenvalue weighted by atomic mass is 10.0. The van der Waals surface area contributed by atoms with Crippen LogP contribution in [-0.4, -0.2) is 30.5 Å². The molecular weight excluding hydrogens is 222 g/mol. The summed E-state index contributed by atoms with van der Waals surface area (Å²) in [6.45, 7) is 5.09. The third kappa shape index (κ3) is 3.03. The molecule has 1 aliphatic carbocycles. The first kappa shape index (κ1) is 12.9. The predicted molar refractivity (Wildman–Crippen MR) is 76.9 cm³/mol. The van der Waals surface area contributed by atoms with Gasteiger partial charge in [-0.1, -0.05) is 18.2 Å². The second kappa shape index (κ2) is 5.42. The van der Waals surface area contributed by atoms with Crippen molar-refractivity contribution in [2.75, 3.05) is 13.6 Å². The number of hydrogen-bond acceptors (Lipinski definition) is 1. The number of guanidine groups is 1. The Labute approximate surface area is 110 Å². The summed E-state index contributed by atoms with van der Waals surface area (Å²) in [4.78, 5) is 6.59. The van der Waals surface area contributed by atoms with Gasteiger partial charge in [0.05, 0.1) is 0 Å². The van der Waals surface area contributed by atoms with Crippen molar-refractivity contribution in [3.8, 4) is 0 Å². The summed E-state index contributed by atoms with van der Waals surface area (Å²) in [5.41, 5.74) is 10.1. The van der Waals surface area contributed by atoms with Crippen LogP contribution in [0.3, 0.4) is 0 Å². The normalized spacial score (nSPS) is 15.8. The molecule has 18 heavy (non-hydrogen) atoms. The number of aliphatic imine (C=N–C) groups is 1. The van der Waals surface area contributed by atoms with Gasteiger partial charge in [-0.2, -0.15) is 0 Å². The summed E-state index contributed by atoms with van der Waals surface area (Å²) in [7, 11) is 2.04. The van der Waals surface area contributed by atoms with Crippen molar-refractivity contribution in [3.05, 3.63) is 34.9 Å². The quantitative estimate of drug-likeness (QED) is 0.653. The van der Waals surface area contributed by atoms with E-state index < -0.39 is 0 Å². The van der Waals surface area contributed by atoms with E-state index >= 15 is 0 Å². The summed E-state index contributed by atoms with van der Waals surface area (Å²) in [6.07, 6.45) is 3.48. The van der Waals surface area contributed by atoms with Crippen LogP contribution in [0.25, 0.3) is 0 Å². The van der Waals surface area contributed by atoms with Crippen molar-refractivity contribution >= 4 is 5.96 Å². The minimum atomic E-state index is 0.633. The van der Waals surface area contributed by atoms with Gasteiger partial charge in [-0.25, -0.2) is 0 Å². The monoisotopic (exact) mass is 245 g/mol. The number of nitrogens with two attached hydrogens (primary N) is 1. The van der Waals surface area contributed by atoms with Gasteiger partial charge in [0.1, 0.15) is 0 Å². The van der Waals surface area contributed by atoms with Crippen molar-refractivity contribution in [3.63, 3.8) is 0 Å². The van der Waals surface area contributed by atoms with Gasteiger partial charge in [-0.05, 0) is 49.8 Å². The third-order valence-corrected chi connectivity index (χ3v) is 3.74. The zero-order valence-electron chi connectivity index (χ0n) is 11.6. The molecule has 1 fully saturated rings. The lowest BCUT2D eigenvalue weighted by Gasteiger charge is -2.17. The van der Waals surface area contributed by atoms with E-state index in [1.54, 1.807) is 0 Å². The summed E-state index contributed by atoms with van der Waals surface area (Å²) in [6, 6.07) is 7.05. The topological polar surface area (TPSA) is 41.6 Å². The summed E-state index contributed by atoms with van der Waals surface area (Å²) in [5, 5.41) is 0. The molecule has 98 valence electrons. The first-order chi connectivity index (χ1) is 8.59. The molecule has 0 aliphatic heterocycles. The van der Waals surface area contributed by atoms with E-state index in [1.807, 2.05) is 7.05 Å². The first-order valence-electron chi connectivity index (χ1n) is 6.67. The molecule has 0 atom stereocenters. The average molecular weight is 245 g/mol. The molecular formula is C15H23N3. The lowest BCUT2D eigenvalue weighted by Crippen LogP contribution is -2.35. The number of hydrogen-bond donors (Lipinski definition) is 1. The Kier molecular flexibility index (Phi) is 3.90. The highest BCUT2D eigenvalue weighted by molar-refractivity contribution is 5.78. The van der Waals surface area contributed by atoms with Crippen molar-refractivity contribution in [2.24, 2.45) is 10.7 Å². The van der Waals surface area contributed by atoms with Gasteiger partial charge in [-0.3, -0.25) is 4.99 Å². The average Bonchev–Trinajstić information content (AvgIpc) is 3.16. The molecule has 1 saturated carbocycles. The Bertz CT molecular complexity index is 427. The van der Waals surface area contributed by atoms with E-state index in [1.165, 1.54) is 29.5 Å². The molecule has 3 heteroatoms. The van der Waals surface area contributed by atoms with Crippen LogP contribution in [0.4, 0.5) is 0 Å². The van der Waals surface area contributed by atoms with Gasteiger partial charge >= 0.3 is 0 Å². The van der Waals surface area contributed by atoms with Crippen molar-refractivity contribution in [1.82, 2.24) is 4.90 Å². The van der Waals surface area contributed by atoms with Crippen LogP contribution in [0.15, 0.2) is 23.2 Å². The molecule has 0 amide bonds. The highest BCUT2D eigenvalue weighted by atomic mass is 15.3. The van der Waals surface area contributed by atoms with Gasteiger partial charge in [0.25, 0.3) is 0 Å². The van der Waals surface area contributed by atoms with Crippen LogP contribution in [0.2, 0.25) is 0 Å². The molecule has 0 bridgehead atoms. The fourth-order valence-corrected chi connectivity index (χ4v) is 2.29. The van der Waals surface area contributed by atoms with E-state index in [0.717, 1.165) is 13.0 Å². The SMILES string of the molecule is Cc1cccc(C)c1CCN=C(N)N(C)C1CC1. The van der Waals surface area contributed by atoms with Crippen LogP contribution < -0.4 is 5.73 Å². The number of rotatable bonds is 4. The first-order valence-corrected chi connectivity index (χ1v) is 6.67. The van der Waals surface area contributed by atoms with Gasteiger partial charge in [0, 0.05) is 19.6 Å². The Morgan fingerprint density at radius 1 is 1.33 bits per heavy atom. The molecule has 1 aliphatic rings. The highest BCUT2D eigenvalue weighted by Gasteiger charge is 2.27. The predicted octanol–water partition coefficient (Wildman–Crippen LogP) is 2.25. The van der Waals surface area contributed by atoms with Gasteiger partial charge < -0.3 is 10.6 Å². The Morgan fingerprint density at radius 3 is 2.50 bits per heavy atom. The van der Waals surface area contributed by atoms with E-state index in [-0.39, 0.29) is 0 Å². The molecule has 2 N–H and O–H groups in total. The van der Waals surface area contributed by atoms with Crippen LogP contribution in [0.5, 0.6) is 0 Å². The van der Waals surface area contributed by atoms with Crippen LogP contribution in [0.1, 0.15) is 29.5 Å². The molecule has 0 saturated heterocycles. The molecule has 2 rings (SSSR count). The molecule has 0 radical (unpaired) electrons. The number of aryl methyl sites for hydroxylation is 2. The second-order valence-electron chi connectivity index (χ2n) is 5.20. The molecule has 1 aromatic carbocycles. The van der Waals surface area contributed by atoms with Crippen LogP contribution in [-0.2, 0) is 6.42 Å². The largest absolute Gasteiger partial charge is 0.370 e. The third-order valence-electron chi connectivity index (χ3n) is 3.74. The maximum atomic E-state index is 5.97. The standard InChI is InChI=1S/C15H23N3/c1-11-5-4-6-12(2)14(11)9-10-17-15(16)18(3)13-7-8-13/h4-6,13H,7-10H2,1-3H3,(H2,16,17). The van der Waals surface area contributed by atoms with Gasteiger partial charge in [0.15, 0.2) is 5.96 Å². The molecule has 0 heterocycles. The maximum Gasteiger partial charge on any atom is 0.191 e. The minimum Gasteiger partial charge on any atom is -0.370 e. The second-order valence-corrected chi connectivity index (χ2v) is 5.20. The van der Waals surface area contributed by atoms with Gasteiger partial charge in [-0.15, -0.1) is 0 Å². The summed E-state index contributed by atoms with van der Waals surface area (Å²) >= 11 is 0. The minimum absolute atomic E-state index is 0.633. The smallest absolute Gasteiger partial charge is 0.191 e. The molecule has 0 aromatic heterocycles. The fourth-order valence-electron chi connectivity index (χ4n) is 2.29. The molecule has 0 spiro atoms. The highest BCUT2D eigenvalue weighted by Crippen LogP contribution is 2.24. The summed E-state index contributed by atoms with van der Waals surface area (Å²) < 4.78 is 0. The Morgan fingerprint density at radius 2 is 1.94 bits per heavy atom. The molecule has 0 unspecified atom stereocenters. The van der Waals surface area contributed by atoms with E-state index in [4.69, 9.17) is 5.73 Å². The zero-order chi connectivity index (χ0) is 13.1. The Balaban J connectivity index is 1.93. The van der Waals surface area contributed by atoms with E-state index in [9.17, 15) is 0 Å². The molecule has 3 nitrogen and oxygen atoms in total. The zero-order valence-corrected chi connectivity index (χ0v) is 11.6. The van der Waals surface area contributed by atoms with Crippen molar-refractivity contribution in [1.29, 1.82) is 0 Å².